The van der Waals surface area contributed by atoms with Crippen LogP contribution in [0.25, 0.3) is 17.1 Å². The molecule has 0 saturated heterocycles. The minimum atomic E-state index is -0.813. The molecule has 3 aromatic rings. The predicted octanol–water partition coefficient (Wildman–Crippen LogP) is 2.85. The van der Waals surface area contributed by atoms with Gasteiger partial charge in [-0.2, -0.15) is 10.1 Å². The van der Waals surface area contributed by atoms with E-state index in [9.17, 15) is 4.79 Å². The van der Waals surface area contributed by atoms with E-state index < -0.39 is 11.0 Å². The molecule has 1 fully saturated rings. The van der Waals surface area contributed by atoms with E-state index in [2.05, 4.69) is 20.2 Å². The minimum Gasteiger partial charge on any atom is -0.459 e. The molecule has 0 aliphatic heterocycles. The van der Waals surface area contributed by atoms with Gasteiger partial charge in [0, 0.05) is 12.3 Å². The smallest absolute Gasteiger partial charge is 0.320 e. The number of carbonyl (C=O) groups is 1. The summed E-state index contributed by atoms with van der Waals surface area (Å²) < 4.78 is 12.8. The molecule has 1 saturated carbocycles. The Morgan fingerprint density at radius 1 is 1.35 bits per heavy atom. The number of fused-ring (bicyclic) bond motifs is 1. The topological polar surface area (TPSA) is 95.4 Å². The maximum atomic E-state index is 12.7. The summed E-state index contributed by atoms with van der Waals surface area (Å²) in [5, 5.41) is 8.35. The van der Waals surface area contributed by atoms with Gasteiger partial charge in [-0.25, -0.2) is 9.50 Å². The number of hydrogen-bond acceptors (Lipinski definition) is 7. The highest BCUT2D eigenvalue weighted by Gasteiger charge is 2.52. The molecule has 3 heterocycles. The molecule has 26 heavy (non-hydrogen) atoms. The van der Waals surface area contributed by atoms with E-state index in [1.165, 1.54) is 0 Å². The van der Waals surface area contributed by atoms with E-state index in [0.29, 0.717) is 30.1 Å². The van der Waals surface area contributed by atoms with Crippen molar-refractivity contribution >= 4 is 11.6 Å². The Balaban J connectivity index is 1.70. The third-order valence-electron chi connectivity index (χ3n) is 4.74. The van der Waals surface area contributed by atoms with Gasteiger partial charge in [-0.1, -0.05) is 11.6 Å². The summed E-state index contributed by atoms with van der Waals surface area (Å²) in [6.45, 7) is 7.47. The van der Waals surface area contributed by atoms with Crippen LogP contribution in [0.5, 0.6) is 0 Å². The maximum Gasteiger partial charge on any atom is 0.320 e. The Kier molecular flexibility index (Phi) is 3.61. The molecule has 0 amide bonds. The van der Waals surface area contributed by atoms with Crippen LogP contribution < -0.4 is 0 Å². The quantitative estimate of drug-likeness (QED) is 0.667. The van der Waals surface area contributed by atoms with E-state index in [-0.39, 0.29) is 5.97 Å². The summed E-state index contributed by atoms with van der Waals surface area (Å²) >= 11 is 0. The Labute approximate surface area is 150 Å². The third kappa shape index (κ3) is 2.56. The Bertz CT molecular complexity index is 978. The fourth-order valence-corrected chi connectivity index (χ4v) is 3.15. The molecule has 0 N–H and O–H groups in total. The molecule has 8 nitrogen and oxygen atoms in total. The van der Waals surface area contributed by atoms with Crippen LogP contribution in [0.2, 0.25) is 0 Å². The highest BCUT2D eigenvalue weighted by molar-refractivity contribution is 5.83. The number of rotatable bonds is 3. The van der Waals surface area contributed by atoms with E-state index >= 15 is 0 Å². The highest BCUT2D eigenvalue weighted by Crippen LogP contribution is 2.44. The van der Waals surface area contributed by atoms with E-state index in [0.717, 1.165) is 17.8 Å². The molecule has 0 aromatic carbocycles. The van der Waals surface area contributed by atoms with Gasteiger partial charge in [-0.05, 0) is 40.5 Å². The Morgan fingerprint density at radius 2 is 2.12 bits per heavy atom. The summed E-state index contributed by atoms with van der Waals surface area (Å²) in [5.74, 6) is 0.422. The van der Waals surface area contributed by atoms with Crippen molar-refractivity contribution in [1.29, 1.82) is 0 Å². The Morgan fingerprint density at radius 3 is 2.77 bits per heavy atom. The first-order valence-corrected chi connectivity index (χ1v) is 8.67. The fourth-order valence-electron chi connectivity index (χ4n) is 3.15. The first kappa shape index (κ1) is 16.7. The number of esters is 1. The molecular formula is C18H21N5O3. The number of aryl methyl sites for hydroxylation is 1. The van der Waals surface area contributed by atoms with Crippen molar-refractivity contribution in [1.82, 2.24) is 24.7 Å². The standard InChI is InChI=1S/C18H21N5O3/c1-11-12(10-19-13-6-9-20-23(11)13)14-21-15(22-26-14)18(7-5-8-18)16(24)25-17(2,3)4/h6,9-10H,5,7-8H2,1-4H3. The fraction of sp³-hybridized carbons (Fsp3) is 0.500. The molecule has 4 rings (SSSR count). The molecular weight excluding hydrogens is 334 g/mol. The van der Waals surface area contributed by atoms with Crippen molar-refractivity contribution in [2.45, 2.75) is 58.0 Å². The summed E-state index contributed by atoms with van der Waals surface area (Å²) in [6.07, 6.45) is 5.63. The lowest BCUT2D eigenvalue weighted by Gasteiger charge is -2.38. The van der Waals surface area contributed by atoms with Gasteiger partial charge in [0.25, 0.3) is 5.89 Å². The predicted molar refractivity (Wildman–Crippen MR) is 92.4 cm³/mol. The summed E-state index contributed by atoms with van der Waals surface area (Å²) in [7, 11) is 0. The SMILES string of the molecule is Cc1c(-c2nc(C3(C(=O)OC(C)(C)C)CCC3)no2)cnc2ccnn12. The normalized spacial score (nSPS) is 16.5. The van der Waals surface area contributed by atoms with Gasteiger partial charge in [0.1, 0.15) is 11.0 Å². The van der Waals surface area contributed by atoms with Crippen LogP contribution in [0.1, 0.15) is 51.6 Å². The summed E-state index contributed by atoms with van der Waals surface area (Å²) in [4.78, 5) is 21.6. The monoisotopic (exact) mass is 355 g/mol. The second kappa shape index (κ2) is 5.62. The van der Waals surface area contributed by atoms with Gasteiger partial charge in [0.05, 0.1) is 17.5 Å². The lowest BCUT2D eigenvalue weighted by Crippen LogP contribution is -2.47. The van der Waals surface area contributed by atoms with Gasteiger partial charge < -0.3 is 9.26 Å². The average molecular weight is 355 g/mol. The number of hydrogen-bond donors (Lipinski definition) is 0. The highest BCUT2D eigenvalue weighted by atomic mass is 16.6. The lowest BCUT2D eigenvalue weighted by molar-refractivity contribution is -0.166. The average Bonchev–Trinajstić information content (AvgIpc) is 3.14. The molecule has 1 aliphatic rings. The van der Waals surface area contributed by atoms with Gasteiger partial charge in [-0.3, -0.25) is 4.79 Å². The van der Waals surface area contributed by atoms with Gasteiger partial charge in [-0.15, -0.1) is 0 Å². The molecule has 1 aliphatic carbocycles. The van der Waals surface area contributed by atoms with E-state index in [1.54, 1.807) is 16.9 Å². The molecule has 0 unspecified atom stereocenters. The minimum absolute atomic E-state index is 0.291. The largest absolute Gasteiger partial charge is 0.459 e. The molecule has 136 valence electrons. The van der Waals surface area contributed by atoms with Crippen molar-refractivity contribution in [2.24, 2.45) is 0 Å². The molecule has 3 aromatic heterocycles. The van der Waals surface area contributed by atoms with Crippen LogP contribution in [0.15, 0.2) is 23.0 Å². The second-order valence-corrected chi connectivity index (χ2v) is 7.72. The van der Waals surface area contributed by atoms with Crippen LogP contribution >= 0.6 is 0 Å². The molecule has 0 bridgehead atoms. The zero-order valence-electron chi connectivity index (χ0n) is 15.3. The number of aromatic nitrogens is 5. The van der Waals surface area contributed by atoms with Gasteiger partial charge in [0.15, 0.2) is 11.5 Å². The van der Waals surface area contributed by atoms with Crippen molar-refractivity contribution < 1.29 is 14.1 Å². The second-order valence-electron chi connectivity index (χ2n) is 7.72. The zero-order chi connectivity index (χ0) is 18.5. The lowest BCUT2D eigenvalue weighted by atomic mass is 9.68. The molecule has 0 spiro atoms. The molecule has 8 heteroatoms. The molecule has 0 atom stereocenters. The van der Waals surface area contributed by atoms with Crippen molar-refractivity contribution in [3.63, 3.8) is 0 Å². The Hall–Kier alpha value is -2.77. The number of nitrogens with zero attached hydrogens (tertiary/aromatic N) is 5. The van der Waals surface area contributed by atoms with Gasteiger partial charge >= 0.3 is 5.97 Å². The van der Waals surface area contributed by atoms with E-state index in [1.807, 2.05) is 33.8 Å². The first-order valence-electron chi connectivity index (χ1n) is 8.67. The zero-order valence-corrected chi connectivity index (χ0v) is 15.3. The van der Waals surface area contributed by atoms with Crippen LogP contribution in [-0.2, 0) is 14.9 Å². The summed E-state index contributed by atoms with van der Waals surface area (Å²) in [6, 6.07) is 1.82. The maximum absolute atomic E-state index is 12.7. The first-order chi connectivity index (χ1) is 12.3. The van der Waals surface area contributed by atoms with Crippen LogP contribution in [0.3, 0.4) is 0 Å². The number of carbonyl (C=O) groups excluding carboxylic acids is 1. The number of ether oxygens (including phenoxy) is 1. The molecule has 0 radical (unpaired) electrons. The third-order valence-corrected chi connectivity index (χ3v) is 4.74. The van der Waals surface area contributed by atoms with Gasteiger partial charge in [0.2, 0.25) is 0 Å². The summed E-state index contributed by atoms with van der Waals surface area (Å²) in [5.41, 5.74) is 0.910. The van der Waals surface area contributed by atoms with Crippen LogP contribution in [0, 0.1) is 6.92 Å². The van der Waals surface area contributed by atoms with Crippen LogP contribution in [-0.4, -0.2) is 36.3 Å². The van der Waals surface area contributed by atoms with Crippen LogP contribution in [0.4, 0.5) is 0 Å². The van der Waals surface area contributed by atoms with E-state index in [4.69, 9.17) is 9.26 Å². The van der Waals surface area contributed by atoms with Crippen molar-refractivity contribution in [3.8, 4) is 11.5 Å². The van der Waals surface area contributed by atoms with Crippen molar-refractivity contribution in [2.75, 3.05) is 0 Å². The van der Waals surface area contributed by atoms with Crippen molar-refractivity contribution in [3.05, 3.63) is 30.0 Å².